The van der Waals surface area contributed by atoms with Crippen LogP contribution in [0.3, 0.4) is 0 Å². The molecule has 2 N–H and O–H groups in total. The third kappa shape index (κ3) is 8.14. The monoisotopic (exact) mass is 161 g/mol. The molecular weight excluding hydrogens is 142 g/mol. The van der Waals surface area contributed by atoms with Crippen molar-refractivity contribution < 1.29 is 4.80 Å². The van der Waals surface area contributed by atoms with Gasteiger partial charge >= 0.3 is 0 Å². The second-order valence-corrected chi connectivity index (χ2v) is 7.80. The summed E-state index contributed by atoms with van der Waals surface area (Å²) >= 11 is 0. The van der Waals surface area contributed by atoms with Crippen LogP contribution in [0.4, 0.5) is 0 Å². The average Bonchev–Trinajstić information content (AvgIpc) is 1.59. The van der Waals surface area contributed by atoms with Crippen LogP contribution in [0.2, 0.25) is 19.1 Å². The molecule has 0 aromatic carbocycles. The molecule has 2 nitrogen and oxygen atoms in total. The Morgan fingerprint density at radius 1 is 1.40 bits per heavy atom. The first-order valence-corrected chi connectivity index (χ1v) is 7.03. The summed E-state index contributed by atoms with van der Waals surface area (Å²) in [5.41, 5.74) is 0. The van der Waals surface area contributed by atoms with Gasteiger partial charge in [0.2, 0.25) is 0 Å². The molecule has 0 heterocycles. The summed E-state index contributed by atoms with van der Waals surface area (Å²) in [6.07, 6.45) is 0. The van der Waals surface area contributed by atoms with E-state index in [1.165, 1.54) is 0 Å². The van der Waals surface area contributed by atoms with Gasteiger partial charge in [0.15, 0.2) is 8.32 Å². The van der Waals surface area contributed by atoms with Crippen molar-refractivity contribution in [1.82, 2.24) is 5.32 Å². The van der Waals surface area contributed by atoms with Gasteiger partial charge in [0.05, 0.1) is 0 Å². The fourth-order valence-electron chi connectivity index (χ4n) is 0.667. The maximum absolute atomic E-state index is 9.43. The summed E-state index contributed by atoms with van der Waals surface area (Å²) in [6.45, 7) is 9.12. The fraction of sp³-hybridized carbons (Fsp3) is 1.00. The van der Waals surface area contributed by atoms with Crippen molar-refractivity contribution in [2.75, 3.05) is 6.54 Å². The Morgan fingerprint density at radius 3 is 2.20 bits per heavy atom. The lowest BCUT2D eigenvalue weighted by Gasteiger charge is -2.15. The number of rotatable bonds is 4. The molecule has 0 spiro atoms. The van der Waals surface area contributed by atoms with Crippen molar-refractivity contribution >= 4 is 8.32 Å². The smallest absolute Gasteiger partial charge is 0.183 e. The topological polar surface area (TPSA) is 32.3 Å². The zero-order chi connectivity index (χ0) is 8.20. The van der Waals surface area contributed by atoms with Crippen LogP contribution in [0.1, 0.15) is 13.8 Å². The van der Waals surface area contributed by atoms with Gasteiger partial charge in [0.1, 0.15) is 0 Å². The highest BCUT2D eigenvalue weighted by atomic mass is 28.4. The minimum atomic E-state index is -1.79. The van der Waals surface area contributed by atoms with E-state index in [1.54, 1.807) is 0 Å². The van der Waals surface area contributed by atoms with Crippen molar-refractivity contribution in [3.8, 4) is 0 Å². The molecule has 0 bridgehead atoms. The molecule has 0 unspecified atom stereocenters. The molecule has 0 aromatic rings. The molecule has 0 fully saturated rings. The molecule has 0 amide bonds. The van der Waals surface area contributed by atoms with Gasteiger partial charge < -0.3 is 10.1 Å². The Balaban J connectivity index is 3.21. The molecule has 0 saturated carbocycles. The SMILES string of the molecule is CC(C)NCC[Si](C)(C)O. The Morgan fingerprint density at radius 2 is 1.90 bits per heavy atom. The van der Waals surface area contributed by atoms with Gasteiger partial charge in [-0.15, -0.1) is 0 Å². The van der Waals surface area contributed by atoms with Crippen LogP contribution in [-0.2, 0) is 0 Å². The predicted molar refractivity (Wildman–Crippen MR) is 47.6 cm³/mol. The van der Waals surface area contributed by atoms with Crippen LogP contribution in [0.25, 0.3) is 0 Å². The lowest BCUT2D eigenvalue weighted by atomic mass is 10.4. The minimum Gasteiger partial charge on any atom is -0.432 e. The highest BCUT2D eigenvalue weighted by molar-refractivity contribution is 6.69. The predicted octanol–water partition coefficient (Wildman–Crippen LogP) is 1.18. The van der Waals surface area contributed by atoms with E-state index in [4.69, 9.17) is 0 Å². The fourth-order valence-corrected chi connectivity index (χ4v) is 1.42. The lowest BCUT2D eigenvalue weighted by molar-refractivity contribution is 0.532. The summed E-state index contributed by atoms with van der Waals surface area (Å²) in [4.78, 5) is 9.43. The van der Waals surface area contributed by atoms with E-state index in [-0.39, 0.29) is 0 Å². The first kappa shape index (κ1) is 10.1. The second kappa shape index (κ2) is 4.11. The molecule has 0 aromatic heterocycles. The standard InChI is InChI=1S/C7H19NOSi/c1-7(2)8-5-6-10(3,4)9/h7-9H,5-6H2,1-4H3. The molecule has 0 radical (unpaired) electrons. The van der Waals surface area contributed by atoms with E-state index in [9.17, 15) is 4.80 Å². The van der Waals surface area contributed by atoms with Gasteiger partial charge in [0, 0.05) is 6.04 Å². The van der Waals surface area contributed by atoms with Crippen LogP contribution >= 0.6 is 0 Å². The van der Waals surface area contributed by atoms with Gasteiger partial charge in [-0.2, -0.15) is 0 Å². The third-order valence-electron chi connectivity index (χ3n) is 1.29. The Labute approximate surface area is 64.8 Å². The first-order valence-electron chi connectivity index (χ1n) is 3.87. The van der Waals surface area contributed by atoms with Gasteiger partial charge in [-0.05, 0) is 25.7 Å². The molecule has 0 rings (SSSR count). The van der Waals surface area contributed by atoms with Crippen LogP contribution in [-0.4, -0.2) is 25.7 Å². The largest absolute Gasteiger partial charge is 0.432 e. The highest BCUT2D eigenvalue weighted by Crippen LogP contribution is 2.01. The van der Waals surface area contributed by atoms with Crippen molar-refractivity contribution in [3.63, 3.8) is 0 Å². The molecule has 0 atom stereocenters. The zero-order valence-electron chi connectivity index (χ0n) is 7.44. The summed E-state index contributed by atoms with van der Waals surface area (Å²) in [5.74, 6) is 0. The number of hydrogen-bond donors (Lipinski definition) is 2. The van der Waals surface area contributed by atoms with Gasteiger partial charge in [-0.3, -0.25) is 0 Å². The molecule has 0 aliphatic rings. The summed E-state index contributed by atoms with van der Waals surface area (Å²) in [5, 5.41) is 3.28. The maximum Gasteiger partial charge on any atom is 0.183 e. The van der Waals surface area contributed by atoms with E-state index in [0.29, 0.717) is 6.04 Å². The van der Waals surface area contributed by atoms with Crippen molar-refractivity contribution in [2.24, 2.45) is 0 Å². The Bertz CT molecular complexity index is 88.1. The van der Waals surface area contributed by atoms with E-state index >= 15 is 0 Å². The van der Waals surface area contributed by atoms with Crippen LogP contribution in [0.5, 0.6) is 0 Å². The molecule has 3 heteroatoms. The Kier molecular flexibility index (Phi) is 4.16. The lowest BCUT2D eigenvalue weighted by Crippen LogP contribution is -2.33. The average molecular weight is 161 g/mol. The van der Waals surface area contributed by atoms with E-state index in [0.717, 1.165) is 12.6 Å². The maximum atomic E-state index is 9.43. The third-order valence-corrected chi connectivity index (χ3v) is 2.76. The molecular formula is C7H19NOSi. The minimum absolute atomic E-state index is 0.538. The summed E-state index contributed by atoms with van der Waals surface area (Å²) in [6, 6.07) is 1.49. The number of nitrogens with one attached hydrogen (secondary N) is 1. The molecule has 0 aliphatic carbocycles. The van der Waals surface area contributed by atoms with Crippen LogP contribution < -0.4 is 5.32 Å². The Hall–Kier alpha value is 0.137. The second-order valence-electron chi connectivity index (χ2n) is 3.67. The number of hydrogen-bond acceptors (Lipinski definition) is 2. The van der Waals surface area contributed by atoms with Crippen molar-refractivity contribution in [1.29, 1.82) is 0 Å². The van der Waals surface area contributed by atoms with Crippen LogP contribution in [0.15, 0.2) is 0 Å². The quantitative estimate of drug-likeness (QED) is 0.607. The summed E-state index contributed by atoms with van der Waals surface area (Å²) in [7, 11) is -1.79. The van der Waals surface area contributed by atoms with E-state index in [2.05, 4.69) is 19.2 Å². The molecule has 0 aliphatic heterocycles. The van der Waals surface area contributed by atoms with Crippen LogP contribution in [0, 0.1) is 0 Å². The van der Waals surface area contributed by atoms with Crippen molar-refractivity contribution in [3.05, 3.63) is 0 Å². The van der Waals surface area contributed by atoms with E-state index < -0.39 is 8.32 Å². The highest BCUT2D eigenvalue weighted by Gasteiger charge is 2.15. The molecule has 0 saturated heterocycles. The zero-order valence-corrected chi connectivity index (χ0v) is 8.44. The molecule has 62 valence electrons. The van der Waals surface area contributed by atoms with E-state index in [1.807, 2.05) is 13.1 Å². The van der Waals surface area contributed by atoms with Crippen molar-refractivity contribution in [2.45, 2.75) is 39.0 Å². The van der Waals surface area contributed by atoms with Gasteiger partial charge in [-0.1, -0.05) is 13.8 Å². The van der Waals surface area contributed by atoms with Gasteiger partial charge in [-0.25, -0.2) is 0 Å². The van der Waals surface area contributed by atoms with Gasteiger partial charge in [0.25, 0.3) is 0 Å². The normalized spacial score (nSPS) is 12.6. The first-order chi connectivity index (χ1) is 4.42. The summed E-state index contributed by atoms with van der Waals surface area (Å²) < 4.78 is 0. The molecule has 10 heavy (non-hydrogen) atoms.